The second-order valence-electron chi connectivity index (χ2n) is 8.68. The average Bonchev–Trinajstić information content (AvgIpc) is 3.32. The van der Waals surface area contributed by atoms with E-state index < -0.39 is 17.2 Å². The molecule has 1 aliphatic rings. The Morgan fingerprint density at radius 1 is 1.15 bits per heavy atom. The summed E-state index contributed by atoms with van der Waals surface area (Å²) in [6.45, 7) is 5.92. The average molecular weight is 456 g/mol. The van der Waals surface area contributed by atoms with Crippen LogP contribution in [-0.4, -0.2) is 49.3 Å². The van der Waals surface area contributed by atoms with Gasteiger partial charge in [0.05, 0.1) is 19.8 Å². The van der Waals surface area contributed by atoms with Crippen LogP contribution in [0.1, 0.15) is 59.4 Å². The number of amides is 2. The van der Waals surface area contributed by atoms with Crippen LogP contribution in [0.3, 0.4) is 0 Å². The van der Waals surface area contributed by atoms with Crippen LogP contribution in [-0.2, 0) is 11.3 Å². The van der Waals surface area contributed by atoms with Crippen LogP contribution < -0.4 is 20.8 Å². The van der Waals surface area contributed by atoms with Crippen molar-refractivity contribution in [3.8, 4) is 5.75 Å². The van der Waals surface area contributed by atoms with E-state index in [-0.39, 0.29) is 17.2 Å². The topological polar surface area (TPSA) is 98.7 Å². The number of ether oxygens (including phenoxy) is 2. The van der Waals surface area contributed by atoms with E-state index in [1.165, 1.54) is 12.4 Å². The maximum atomic E-state index is 13.1. The fraction of sp³-hybridized carbons (Fsp3) is 0.480. The van der Waals surface area contributed by atoms with Crippen LogP contribution in [0, 0.1) is 5.92 Å². The molecule has 1 aromatic carbocycles. The number of rotatable bonds is 10. The summed E-state index contributed by atoms with van der Waals surface area (Å²) in [6, 6.07) is 7.49. The van der Waals surface area contributed by atoms with Crippen LogP contribution in [0.25, 0.3) is 0 Å². The number of carbonyl (C=O) groups is 2. The summed E-state index contributed by atoms with van der Waals surface area (Å²) in [5.41, 5.74) is 0.150. The van der Waals surface area contributed by atoms with Gasteiger partial charge in [-0.1, -0.05) is 32.0 Å². The number of hydrogen-bond acceptors (Lipinski definition) is 5. The highest BCUT2D eigenvalue weighted by molar-refractivity contribution is 5.99. The first-order chi connectivity index (χ1) is 15.9. The maximum absolute atomic E-state index is 13.1. The fourth-order valence-electron chi connectivity index (χ4n) is 3.75. The molecule has 8 nitrogen and oxygen atoms in total. The van der Waals surface area contributed by atoms with Crippen molar-refractivity contribution >= 4 is 11.8 Å². The first-order valence-corrected chi connectivity index (χ1v) is 11.4. The van der Waals surface area contributed by atoms with Gasteiger partial charge in [-0.2, -0.15) is 0 Å². The molecule has 1 atom stereocenters. The van der Waals surface area contributed by atoms with Crippen molar-refractivity contribution in [2.45, 2.75) is 45.8 Å². The molecule has 0 bridgehead atoms. The van der Waals surface area contributed by atoms with Crippen LogP contribution >= 0.6 is 0 Å². The van der Waals surface area contributed by atoms with E-state index in [9.17, 15) is 14.4 Å². The number of benzene rings is 1. The molecule has 3 rings (SSSR count). The molecule has 0 radical (unpaired) electrons. The lowest BCUT2D eigenvalue weighted by Gasteiger charge is -2.15. The number of pyridine rings is 1. The zero-order valence-electron chi connectivity index (χ0n) is 19.6. The van der Waals surface area contributed by atoms with Crippen molar-refractivity contribution in [3.63, 3.8) is 0 Å². The quantitative estimate of drug-likeness (QED) is 0.574. The lowest BCUT2D eigenvalue weighted by atomic mass is 10.1. The summed E-state index contributed by atoms with van der Waals surface area (Å²) in [7, 11) is 1.59. The number of hydrogen-bond donors (Lipinski definition) is 2. The van der Waals surface area contributed by atoms with Gasteiger partial charge in [0, 0.05) is 37.7 Å². The molecule has 0 saturated carbocycles. The monoisotopic (exact) mass is 455 g/mol. The first-order valence-electron chi connectivity index (χ1n) is 11.4. The van der Waals surface area contributed by atoms with E-state index in [0.717, 1.165) is 24.8 Å². The third kappa shape index (κ3) is 6.68. The molecule has 1 fully saturated rings. The Hall–Kier alpha value is -3.13. The van der Waals surface area contributed by atoms with E-state index in [0.29, 0.717) is 37.9 Å². The normalized spacial score (nSPS) is 15.5. The second kappa shape index (κ2) is 11.7. The van der Waals surface area contributed by atoms with Crippen molar-refractivity contribution in [3.05, 3.63) is 63.6 Å². The fourth-order valence-corrected chi connectivity index (χ4v) is 3.75. The Kier molecular flexibility index (Phi) is 8.65. The Morgan fingerprint density at radius 3 is 2.48 bits per heavy atom. The SMILES string of the molecule is COc1ccccc1Cn1cc(C(=O)NCCC(C)C)c(=O)c(C(=O)NCC2CCCO2)c1. The summed E-state index contributed by atoms with van der Waals surface area (Å²) in [5.74, 6) is 0.107. The van der Waals surface area contributed by atoms with Crippen molar-refractivity contribution in [1.82, 2.24) is 15.2 Å². The van der Waals surface area contributed by atoms with Gasteiger partial charge in [0.25, 0.3) is 11.8 Å². The summed E-state index contributed by atoms with van der Waals surface area (Å²) >= 11 is 0. The van der Waals surface area contributed by atoms with Gasteiger partial charge in [0.15, 0.2) is 0 Å². The molecule has 1 saturated heterocycles. The third-order valence-electron chi connectivity index (χ3n) is 5.64. The molecular formula is C25H33N3O5. The molecule has 1 aromatic heterocycles. The lowest BCUT2D eigenvalue weighted by Crippen LogP contribution is -2.38. The van der Waals surface area contributed by atoms with Crippen LogP contribution in [0.15, 0.2) is 41.5 Å². The number of methoxy groups -OCH3 is 1. The highest BCUT2D eigenvalue weighted by Crippen LogP contribution is 2.19. The number of nitrogens with zero attached hydrogens (tertiary/aromatic N) is 1. The van der Waals surface area contributed by atoms with Crippen LogP contribution in [0.5, 0.6) is 5.75 Å². The largest absolute Gasteiger partial charge is 0.496 e. The van der Waals surface area contributed by atoms with Crippen molar-refractivity contribution in [2.24, 2.45) is 5.92 Å². The molecule has 0 aliphatic carbocycles. The minimum Gasteiger partial charge on any atom is -0.496 e. The summed E-state index contributed by atoms with van der Waals surface area (Å²) < 4.78 is 12.6. The smallest absolute Gasteiger partial charge is 0.256 e. The molecule has 2 heterocycles. The van der Waals surface area contributed by atoms with Gasteiger partial charge in [0.2, 0.25) is 5.43 Å². The first kappa shape index (κ1) is 24.5. The van der Waals surface area contributed by atoms with E-state index in [1.54, 1.807) is 11.7 Å². The maximum Gasteiger partial charge on any atom is 0.256 e. The Bertz CT molecular complexity index is 1020. The summed E-state index contributed by atoms with van der Waals surface area (Å²) in [4.78, 5) is 38.8. The third-order valence-corrected chi connectivity index (χ3v) is 5.64. The number of aromatic nitrogens is 1. The molecule has 2 aromatic rings. The summed E-state index contributed by atoms with van der Waals surface area (Å²) in [5, 5.41) is 5.58. The van der Waals surface area contributed by atoms with E-state index in [2.05, 4.69) is 24.5 Å². The molecular weight excluding hydrogens is 422 g/mol. The molecule has 0 spiro atoms. The van der Waals surface area contributed by atoms with E-state index >= 15 is 0 Å². The van der Waals surface area contributed by atoms with Gasteiger partial charge in [-0.15, -0.1) is 0 Å². The van der Waals surface area contributed by atoms with Gasteiger partial charge in [-0.05, 0) is 31.2 Å². The summed E-state index contributed by atoms with van der Waals surface area (Å²) in [6.07, 6.45) is 5.56. The number of nitrogens with one attached hydrogen (secondary N) is 2. The van der Waals surface area contributed by atoms with E-state index in [4.69, 9.17) is 9.47 Å². The van der Waals surface area contributed by atoms with Crippen molar-refractivity contribution in [2.75, 3.05) is 26.8 Å². The highest BCUT2D eigenvalue weighted by atomic mass is 16.5. The van der Waals surface area contributed by atoms with Gasteiger partial charge in [0.1, 0.15) is 16.9 Å². The predicted octanol–water partition coefficient (Wildman–Crippen LogP) is 2.59. The van der Waals surface area contributed by atoms with Crippen molar-refractivity contribution < 1.29 is 19.1 Å². The molecule has 1 aliphatic heterocycles. The minimum atomic E-state index is -0.585. The second-order valence-corrected chi connectivity index (χ2v) is 8.68. The number of para-hydroxylation sites is 1. The minimum absolute atomic E-state index is 0.0488. The van der Waals surface area contributed by atoms with Gasteiger partial charge >= 0.3 is 0 Å². The zero-order valence-corrected chi connectivity index (χ0v) is 19.6. The number of carbonyl (C=O) groups excluding carboxylic acids is 2. The predicted molar refractivity (Wildman–Crippen MR) is 126 cm³/mol. The zero-order chi connectivity index (χ0) is 23.8. The van der Waals surface area contributed by atoms with Gasteiger partial charge < -0.3 is 24.7 Å². The molecule has 2 N–H and O–H groups in total. The van der Waals surface area contributed by atoms with Gasteiger partial charge in [-0.3, -0.25) is 14.4 Å². The van der Waals surface area contributed by atoms with Crippen LogP contribution in [0.2, 0.25) is 0 Å². The molecule has 1 unspecified atom stereocenters. The van der Waals surface area contributed by atoms with Gasteiger partial charge in [-0.25, -0.2) is 0 Å². The van der Waals surface area contributed by atoms with Crippen molar-refractivity contribution in [1.29, 1.82) is 0 Å². The highest BCUT2D eigenvalue weighted by Gasteiger charge is 2.22. The Balaban J connectivity index is 1.89. The molecule has 178 valence electrons. The molecule has 2 amide bonds. The standard InChI is InChI=1S/C25H33N3O5/c1-17(2)10-11-26-24(30)20-15-28(14-18-7-4-5-9-22(18)32-3)16-21(23(20)29)25(31)27-13-19-8-6-12-33-19/h4-5,7,9,15-17,19H,6,8,10-14H2,1-3H3,(H,26,30)(H,27,31). The van der Waals surface area contributed by atoms with E-state index in [1.807, 2.05) is 24.3 Å². The Morgan fingerprint density at radius 2 is 1.85 bits per heavy atom. The Labute approximate surface area is 194 Å². The molecule has 8 heteroatoms. The lowest BCUT2D eigenvalue weighted by molar-refractivity contribution is 0.0856. The van der Waals surface area contributed by atoms with Crippen LogP contribution in [0.4, 0.5) is 0 Å². The molecule has 33 heavy (non-hydrogen) atoms.